The number of carbonyl (C=O) groups excluding carboxylic acids is 9. The van der Waals surface area contributed by atoms with E-state index in [1.165, 1.54) is 14.2 Å². The molecule has 0 spiro atoms. The van der Waals surface area contributed by atoms with Crippen molar-refractivity contribution in [1.82, 2.24) is 46.1 Å². The van der Waals surface area contributed by atoms with E-state index in [-0.39, 0.29) is 91.7 Å². The predicted molar refractivity (Wildman–Crippen MR) is 314 cm³/mol. The Hall–Kier alpha value is -6.15. The smallest absolute Gasteiger partial charge is 0.321 e. The quantitative estimate of drug-likeness (QED) is 0.0279. The highest BCUT2D eigenvalue weighted by atomic mass is 32.2. The molecule has 10 unspecified atom stereocenters. The number of benzene rings is 1. The number of aliphatic carboxylic acids is 1. The van der Waals surface area contributed by atoms with E-state index in [0.717, 1.165) is 33.1 Å². The van der Waals surface area contributed by atoms with Gasteiger partial charge in [-0.1, -0.05) is 79.5 Å². The monoisotopic (exact) mass is 1180 g/mol. The number of para-hydroxylation sites is 1. The van der Waals surface area contributed by atoms with Gasteiger partial charge in [-0.25, -0.2) is 0 Å². The lowest BCUT2D eigenvalue weighted by Crippen LogP contribution is -2.60. The summed E-state index contributed by atoms with van der Waals surface area (Å²) in [7, 11) is 6.45. The Bertz CT molecular complexity index is 2550. The second-order valence-corrected chi connectivity index (χ2v) is 24.1. The number of primary amides is 1. The van der Waals surface area contributed by atoms with Gasteiger partial charge >= 0.3 is 5.97 Å². The van der Waals surface area contributed by atoms with Crippen LogP contribution in [0, 0.1) is 23.7 Å². The van der Waals surface area contributed by atoms with Crippen LogP contribution in [0.4, 0.5) is 0 Å². The highest BCUT2D eigenvalue weighted by molar-refractivity contribution is 8.00. The Kier molecular flexibility index (Phi) is 27.9. The molecule has 3 heterocycles. The average Bonchev–Trinajstić information content (AvgIpc) is 4.42. The number of rotatable bonds is 35. The number of aromatic amines is 1. The molecule has 2 aromatic rings. The van der Waals surface area contributed by atoms with Gasteiger partial charge in [0.1, 0.15) is 18.1 Å². The number of likely N-dealkylation sites (tertiary alicyclic amines) is 2. The van der Waals surface area contributed by atoms with Crippen LogP contribution in [0.3, 0.4) is 0 Å². The first-order valence-electron chi connectivity index (χ1n) is 29.1. The molecule has 0 bridgehead atoms. The van der Waals surface area contributed by atoms with Gasteiger partial charge in [0.2, 0.25) is 53.2 Å². The second kappa shape index (κ2) is 33.4. The molecule has 83 heavy (non-hydrogen) atoms. The largest absolute Gasteiger partial charge is 0.480 e. The molecule has 10 N–H and O–H groups in total. The summed E-state index contributed by atoms with van der Waals surface area (Å²) in [5.74, 6) is -6.24. The van der Waals surface area contributed by atoms with E-state index in [1.54, 1.807) is 37.0 Å². The van der Waals surface area contributed by atoms with Crippen LogP contribution < -0.4 is 33.0 Å². The minimum atomic E-state index is -1.18. The lowest BCUT2D eigenvalue weighted by molar-refractivity contribution is -0.148. The Labute approximate surface area is 492 Å². The minimum absolute atomic E-state index is 0.00803. The lowest BCUT2D eigenvalue weighted by atomic mass is 9.89. The summed E-state index contributed by atoms with van der Waals surface area (Å²) in [5.41, 5.74) is 17.9. The molecule has 9 amide bonds. The van der Waals surface area contributed by atoms with Crippen molar-refractivity contribution in [2.24, 2.45) is 35.1 Å². The third-order valence-electron chi connectivity index (χ3n) is 16.2. The fourth-order valence-electron chi connectivity index (χ4n) is 11.3. The number of ether oxygens (including phenoxy) is 2. The number of hydrazine groups is 1. The number of methoxy groups -OCH3 is 2. The summed E-state index contributed by atoms with van der Waals surface area (Å²) in [6.45, 7) is 14.1. The summed E-state index contributed by atoms with van der Waals surface area (Å²) in [5, 5.41) is 15.1. The summed E-state index contributed by atoms with van der Waals surface area (Å²) < 4.78 is 12.1. The molecule has 4 rings (SSSR count). The number of nitrogens with two attached hydrogens (primary N) is 2. The molecule has 1 aromatic heterocycles. The number of nitrogens with zero attached hydrogens (tertiary/aromatic N) is 4. The van der Waals surface area contributed by atoms with Gasteiger partial charge < -0.3 is 51.5 Å². The van der Waals surface area contributed by atoms with E-state index in [9.17, 15) is 47.9 Å². The maximum Gasteiger partial charge on any atom is 0.321 e. The number of unbranched alkanes of at least 4 members (excludes halogenated alkanes) is 2. The van der Waals surface area contributed by atoms with E-state index in [0.29, 0.717) is 58.0 Å². The highest BCUT2D eigenvalue weighted by Crippen LogP contribution is 2.31. The van der Waals surface area contributed by atoms with E-state index in [1.807, 2.05) is 70.7 Å². The molecule has 2 saturated heterocycles. The molecule has 25 heteroatoms. The number of H-pyrrole nitrogens is 1. The fraction of sp³-hybridized carbons (Fsp3) is 0.690. The molecule has 2 aliphatic heterocycles. The highest BCUT2D eigenvalue weighted by Gasteiger charge is 2.44. The third-order valence-corrected chi connectivity index (χ3v) is 17.5. The molecule has 2 fully saturated rings. The summed E-state index contributed by atoms with van der Waals surface area (Å²) in [6.07, 6.45) is 4.22. The van der Waals surface area contributed by atoms with Gasteiger partial charge in [-0.2, -0.15) is 0 Å². The van der Waals surface area contributed by atoms with Crippen LogP contribution in [0.1, 0.15) is 125 Å². The van der Waals surface area contributed by atoms with E-state index < -0.39 is 89.2 Å². The first-order chi connectivity index (χ1) is 39.3. The minimum Gasteiger partial charge on any atom is -0.480 e. The number of thioether (sulfide) groups is 1. The van der Waals surface area contributed by atoms with Gasteiger partial charge in [-0.15, -0.1) is 11.8 Å². The van der Waals surface area contributed by atoms with Crippen molar-refractivity contribution >= 4 is 81.8 Å². The first-order valence-corrected chi connectivity index (χ1v) is 30.1. The van der Waals surface area contributed by atoms with Crippen LogP contribution in [0.25, 0.3) is 10.9 Å². The zero-order chi connectivity index (χ0) is 61.8. The zero-order valence-corrected chi connectivity index (χ0v) is 51.2. The van der Waals surface area contributed by atoms with Crippen molar-refractivity contribution in [2.75, 3.05) is 53.7 Å². The number of amides is 9. The maximum atomic E-state index is 14.7. The average molecular weight is 1180 g/mol. The van der Waals surface area contributed by atoms with Crippen LogP contribution in [0.15, 0.2) is 30.5 Å². The number of likely N-dealkylation sites (N-methyl/N-ethyl adjacent to an activating group) is 2. The van der Waals surface area contributed by atoms with Crippen molar-refractivity contribution in [3.8, 4) is 0 Å². The topological polar surface area (TPSA) is 338 Å². The molecule has 11 atom stereocenters. The maximum absolute atomic E-state index is 14.7. The van der Waals surface area contributed by atoms with Gasteiger partial charge in [-0.3, -0.25) is 68.6 Å². The number of imide groups is 1. The van der Waals surface area contributed by atoms with Crippen molar-refractivity contribution in [1.29, 1.82) is 0 Å². The molecule has 0 saturated carbocycles. The van der Waals surface area contributed by atoms with Crippen LogP contribution in [-0.4, -0.2) is 196 Å². The van der Waals surface area contributed by atoms with E-state index >= 15 is 0 Å². The molecular weight excluding hydrogens is 1090 g/mol. The Balaban J connectivity index is 1.28. The molecule has 24 nitrogen and oxygen atoms in total. The number of hydrogen-bond acceptors (Lipinski definition) is 15. The number of aromatic nitrogens is 1. The lowest BCUT2D eigenvalue weighted by Gasteiger charge is -2.41. The molecule has 464 valence electrons. The zero-order valence-electron chi connectivity index (χ0n) is 50.4. The van der Waals surface area contributed by atoms with Gasteiger partial charge in [0.05, 0.1) is 47.9 Å². The van der Waals surface area contributed by atoms with Crippen LogP contribution in [0.2, 0.25) is 0 Å². The SMILES string of the molecule is CCC(C)C(C(CC(=O)N1CCC[C@H]1C(OC)C(C)C(=O)NC(Cc1c[nH]c2ccccc12)C(N)=O)OC)N(C)C(=O)C(NC(=O)C(C(C)C)N(C)CCCC(=O)NNC(=O)CCCCCN1C(=O)CC(SCC(N)C(=O)O)C1=O)C(C)C. The standard InChI is InChI=1S/C58H93N11O13S/c1-12-35(6)51(43(81-10)29-47(72)68-27-18-22-42(68)52(82-11)36(7)54(75)62-41(53(60)74)28-37-31-61-40-21-16-15-20-38(37)40)67(9)57(78)49(33(2)3)63-55(76)50(34(4)5)66(8)25-19-24-46(71)65-64-45(70)23-14-13-17-26-69-48(73)30-44(56(69)77)83-32-39(59)58(79)80/h15-16,20-21,31,33-36,39,41-44,49-52,61H,12-14,17-19,22-30,32,59H2,1-11H3,(H2,60,74)(H,62,75)(H,63,76)(H,64,70)(H,65,71)(H,79,80)/t35?,36?,39?,41?,42-,43?,44?,49?,50?,51?,52?/m0/s1. The number of hydrogen-bond donors (Lipinski definition) is 8. The molecule has 0 radical (unpaired) electrons. The van der Waals surface area contributed by atoms with Crippen molar-refractivity contribution in [3.05, 3.63) is 36.0 Å². The van der Waals surface area contributed by atoms with Crippen molar-refractivity contribution < 1.29 is 62.5 Å². The van der Waals surface area contributed by atoms with E-state index in [2.05, 4.69) is 26.5 Å². The van der Waals surface area contributed by atoms with Gasteiger partial charge in [0, 0.05) is 82.9 Å². The Morgan fingerprint density at radius 2 is 1.54 bits per heavy atom. The number of carboxylic acid groups (broad SMARTS) is 1. The number of carbonyl (C=O) groups is 10. The van der Waals surface area contributed by atoms with Crippen molar-refractivity contribution in [3.63, 3.8) is 0 Å². The third kappa shape index (κ3) is 19.4. The summed E-state index contributed by atoms with van der Waals surface area (Å²) in [4.78, 5) is 141. The van der Waals surface area contributed by atoms with Crippen LogP contribution >= 0.6 is 11.8 Å². The molecule has 2 aliphatic rings. The summed E-state index contributed by atoms with van der Waals surface area (Å²) >= 11 is 1.05. The second-order valence-electron chi connectivity index (χ2n) is 22.9. The Morgan fingerprint density at radius 1 is 0.880 bits per heavy atom. The number of nitrogens with one attached hydrogen (secondary N) is 5. The normalized spacial score (nSPS) is 18.8. The van der Waals surface area contributed by atoms with Crippen LogP contribution in [0.5, 0.6) is 0 Å². The predicted octanol–water partition coefficient (Wildman–Crippen LogP) is 2.46. The molecular formula is C58H93N11O13S. The Morgan fingerprint density at radius 3 is 2.14 bits per heavy atom. The van der Waals surface area contributed by atoms with E-state index in [4.69, 9.17) is 26.0 Å². The number of fused-ring (bicyclic) bond motifs is 1. The fourth-order valence-corrected chi connectivity index (χ4v) is 12.4. The number of carboxylic acids is 1. The molecule has 1 aromatic carbocycles. The summed E-state index contributed by atoms with van der Waals surface area (Å²) in [6, 6.07) is 2.83. The van der Waals surface area contributed by atoms with Gasteiger partial charge in [0.25, 0.3) is 0 Å². The molecule has 0 aliphatic carbocycles. The van der Waals surface area contributed by atoms with Crippen LogP contribution in [-0.2, 0) is 63.8 Å². The van der Waals surface area contributed by atoms with Crippen molar-refractivity contribution in [2.45, 2.75) is 179 Å². The van der Waals surface area contributed by atoms with Gasteiger partial charge in [-0.05, 0) is 75.1 Å². The first kappa shape index (κ1) is 69.3. The van der Waals surface area contributed by atoms with Gasteiger partial charge in [0.15, 0.2) is 0 Å².